The number of carbonyl (C=O) groups excluding carboxylic acids is 2. The summed E-state index contributed by atoms with van der Waals surface area (Å²) in [5, 5.41) is 19.7. The number of aryl methyl sites for hydroxylation is 2. The zero-order valence-electron chi connectivity index (χ0n) is 35.2. The minimum atomic E-state index is -1.18. The van der Waals surface area contributed by atoms with Gasteiger partial charge in [0.1, 0.15) is 23.7 Å². The van der Waals surface area contributed by atoms with Crippen LogP contribution in [0, 0.1) is 13.8 Å². The number of rotatable bonds is 11. The number of likely N-dealkylation sites (N-methyl/N-ethyl adjacent to an activating group) is 2. The normalized spacial score (nSPS) is 17.2. The highest BCUT2D eigenvalue weighted by Crippen LogP contribution is 2.38. The number of nitrogens with one attached hydrogen (secondary N) is 2. The summed E-state index contributed by atoms with van der Waals surface area (Å²) < 4.78 is 0. The summed E-state index contributed by atoms with van der Waals surface area (Å²) in [6.07, 6.45) is 4.21. The number of H-pyrrole nitrogens is 2. The molecule has 8 rings (SSSR count). The van der Waals surface area contributed by atoms with E-state index in [1.807, 2.05) is 12.1 Å². The van der Waals surface area contributed by atoms with Crippen LogP contribution in [-0.2, 0) is 9.59 Å². The molecule has 0 radical (unpaired) electrons. The first-order chi connectivity index (χ1) is 29.9. The van der Waals surface area contributed by atoms with Crippen LogP contribution >= 0.6 is 0 Å². The number of carbonyl (C=O) groups is 4. The molecule has 6 aromatic rings. The predicted molar refractivity (Wildman–Crippen MR) is 234 cm³/mol. The van der Waals surface area contributed by atoms with Crippen LogP contribution in [0.1, 0.15) is 83.8 Å². The Hall–Kier alpha value is -7.22. The second kappa shape index (κ2) is 17.4. The predicted octanol–water partition coefficient (Wildman–Crippen LogP) is 8.78. The van der Waals surface area contributed by atoms with Crippen LogP contribution in [0.5, 0.6) is 0 Å². The van der Waals surface area contributed by atoms with Crippen molar-refractivity contribution < 1.29 is 29.4 Å². The van der Waals surface area contributed by atoms with Gasteiger partial charge in [-0.1, -0.05) is 84.9 Å². The van der Waals surface area contributed by atoms with Crippen molar-refractivity contribution in [3.63, 3.8) is 0 Å². The molecule has 14 nitrogen and oxygen atoms in total. The van der Waals surface area contributed by atoms with Gasteiger partial charge in [-0.2, -0.15) is 0 Å². The maximum absolute atomic E-state index is 14.0. The lowest BCUT2D eigenvalue weighted by atomic mass is 9.93. The minimum absolute atomic E-state index is 0.275. The molecule has 62 heavy (non-hydrogen) atoms. The highest BCUT2D eigenvalue weighted by Gasteiger charge is 2.40. The molecule has 0 spiro atoms. The first-order valence-electron chi connectivity index (χ1n) is 20.9. The zero-order valence-corrected chi connectivity index (χ0v) is 35.2. The molecular formula is C48H50N8O6. The van der Waals surface area contributed by atoms with E-state index in [0.29, 0.717) is 48.7 Å². The van der Waals surface area contributed by atoms with Gasteiger partial charge in [0.25, 0.3) is 11.8 Å². The minimum Gasteiger partial charge on any atom is -0.465 e. The lowest BCUT2D eigenvalue weighted by Gasteiger charge is -2.32. The molecule has 2 saturated heterocycles. The molecule has 2 aliphatic heterocycles. The molecule has 4 heterocycles. The molecule has 0 unspecified atom stereocenters. The van der Waals surface area contributed by atoms with Crippen molar-refractivity contribution >= 4 is 24.0 Å². The molecule has 2 aliphatic rings. The number of benzene rings is 4. The summed E-state index contributed by atoms with van der Waals surface area (Å²) in [7, 11) is 2.85. The fourth-order valence-corrected chi connectivity index (χ4v) is 9.07. The van der Waals surface area contributed by atoms with Crippen molar-refractivity contribution in [2.75, 3.05) is 27.2 Å². The number of nitrogens with zero attached hydrogens (tertiary/aromatic N) is 6. The highest BCUT2D eigenvalue weighted by atomic mass is 16.4. The van der Waals surface area contributed by atoms with E-state index < -0.39 is 24.3 Å². The van der Waals surface area contributed by atoms with E-state index in [1.54, 1.807) is 70.7 Å². The Labute approximate surface area is 359 Å². The summed E-state index contributed by atoms with van der Waals surface area (Å²) in [4.78, 5) is 74.2. The quantitative estimate of drug-likeness (QED) is 0.100. The first kappa shape index (κ1) is 41.5. The van der Waals surface area contributed by atoms with Crippen LogP contribution in [0.25, 0.3) is 33.6 Å². The highest BCUT2D eigenvalue weighted by molar-refractivity contribution is 5.88. The maximum atomic E-state index is 14.0. The van der Waals surface area contributed by atoms with E-state index in [1.165, 1.54) is 14.1 Å². The van der Waals surface area contributed by atoms with Crippen LogP contribution in [0.15, 0.2) is 109 Å². The van der Waals surface area contributed by atoms with Gasteiger partial charge in [-0.3, -0.25) is 19.4 Å². The average Bonchev–Trinajstić information content (AvgIpc) is 4.12. The van der Waals surface area contributed by atoms with Gasteiger partial charge in [0.15, 0.2) is 0 Å². The van der Waals surface area contributed by atoms with Crippen LogP contribution in [0.4, 0.5) is 9.59 Å². The van der Waals surface area contributed by atoms with Crippen molar-refractivity contribution in [1.29, 1.82) is 0 Å². The van der Waals surface area contributed by atoms with Gasteiger partial charge in [0, 0.05) is 27.2 Å². The standard InChI is InChI=1S/C48H50N8O6/c1-29-25-33(37-27-49-43(51-37)39-17-11-23-55(39)45(57)41(53(3)47(59)60)31-13-7-5-8-14-31)19-21-35(29)36-22-20-34(26-30(36)2)38-28-50-44(52-38)40-18-12-24-56(40)46(58)42(54(4)48(61)62)32-15-9-6-10-16-32/h5-10,13-16,19-22,25-28,39-42H,11-12,17-18,23-24H2,1-4H3,(H,49,51)(H,50,52)(H,59,60)(H,61,62)/t39-,40-,41+,42+/m0/s1. The van der Waals surface area contributed by atoms with Crippen molar-refractivity contribution in [2.24, 2.45) is 0 Å². The number of carboxylic acid groups (broad SMARTS) is 2. The monoisotopic (exact) mass is 834 g/mol. The Kier molecular flexibility index (Phi) is 11.7. The first-order valence-corrected chi connectivity index (χ1v) is 20.9. The number of hydrogen-bond acceptors (Lipinski definition) is 6. The summed E-state index contributed by atoms with van der Waals surface area (Å²) in [5.41, 5.74) is 9.12. The molecule has 0 bridgehead atoms. The number of aromatic amines is 2. The third-order valence-electron chi connectivity index (χ3n) is 12.3. The molecule has 4 amide bonds. The second-order valence-electron chi connectivity index (χ2n) is 16.2. The molecular weight excluding hydrogens is 785 g/mol. The Bertz CT molecular complexity index is 2430. The molecule has 4 aromatic carbocycles. The molecule has 0 aliphatic carbocycles. The topological polar surface area (TPSA) is 179 Å². The number of amides is 4. The van der Waals surface area contributed by atoms with E-state index in [-0.39, 0.29) is 23.9 Å². The van der Waals surface area contributed by atoms with E-state index >= 15 is 0 Å². The Morgan fingerprint density at radius 3 is 1.35 bits per heavy atom. The van der Waals surface area contributed by atoms with Crippen LogP contribution in [-0.4, -0.2) is 101 Å². The third kappa shape index (κ3) is 8.03. The maximum Gasteiger partial charge on any atom is 0.407 e. The fraction of sp³-hybridized carbons (Fsp3) is 0.292. The third-order valence-corrected chi connectivity index (χ3v) is 12.3. The van der Waals surface area contributed by atoms with E-state index in [4.69, 9.17) is 9.97 Å². The van der Waals surface area contributed by atoms with E-state index in [2.05, 4.69) is 60.2 Å². The lowest BCUT2D eigenvalue weighted by Crippen LogP contribution is -2.43. The number of likely N-dealkylation sites (tertiary alicyclic amines) is 2. The largest absolute Gasteiger partial charge is 0.465 e. The Morgan fingerprint density at radius 2 is 1.00 bits per heavy atom. The van der Waals surface area contributed by atoms with Gasteiger partial charge in [0.2, 0.25) is 0 Å². The molecule has 4 atom stereocenters. The van der Waals surface area contributed by atoms with Crippen LogP contribution in [0.2, 0.25) is 0 Å². The smallest absolute Gasteiger partial charge is 0.407 e. The molecule has 0 saturated carbocycles. The second-order valence-corrected chi connectivity index (χ2v) is 16.2. The van der Waals surface area contributed by atoms with Crippen LogP contribution in [0.3, 0.4) is 0 Å². The number of hydrogen-bond donors (Lipinski definition) is 4. The zero-order chi connectivity index (χ0) is 43.7. The summed E-state index contributed by atoms with van der Waals surface area (Å²) in [5.74, 6) is 0.784. The van der Waals surface area contributed by atoms with E-state index in [9.17, 15) is 29.4 Å². The fourth-order valence-electron chi connectivity index (χ4n) is 9.07. The van der Waals surface area contributed by atoms with Crippen molar-refractivity contribution in [1.82, 2.24) is 39.5 Å². The van der Waals surface area contributed by atoms with Crippen molar-refractivity contribution in [3.05, 3.63) is 143 Å². The van der Waals surface area contributed by atoms with Gasteiger partial charge >= 0.3 is 12.2 Å². The van der Waals surface area contributed by atoms with Gasteiger partial charge in [-0.25, -0.2) is 19.6 Å². The molecule has 2 fully saturated rings. The Balaban J connectivity index is 0.976. The molecule has 2 aromatic heterocycles. The average molecular weight is 835 g/mol. The SMILES string of the molecule is Cc1cc(-c2cnc([C@@H]3CCCN3C(=O)[C@@H](c3ccccc3)N(C)C(=O)O)[nH]2)ccc1-c1ccc(-c2cnc([C@@H]3CCCN3C(=O)[C@@H](c3ccccc3)N(C)C(=O)O)[nH]2)cc1C. The van der Waals surface area contributed by atoms with Crippen molar-refractivity contribution in [3.8, 4) is 33.6 Å². The van der Waals surface area contributed by atoms with Gasteiger partial charge in [-0.15, -0.1) is 0 Å². The number of imidazole rings is 2. The van der Waals surface area contributed by atoms with Gasteiger partial charge in [0.05, 0.1) is 35.9 Å². The molecule has 318 valence electrons. The van der Waals surface area contributed by atoms with Gasteiger partial charge < -0.3 is 30.0 Å². The van der Waals surface area contributed by atoms with Crippen molar-refractivity contribution in [2.45, 2.75) is 63.7 Å². The lowest BCUT2D eigenvalue weighted by molar-refractivity contribution is -0.138. The summed E-state index contributed by atoms with van der Waals surface area (Å²) >= 11 is 0. The number of aromatic nitrogens is 4. The molecule has 14 heteroatoms. The van der Waals surface area contributed by atoms with E-state index in [0.717, 1.165) is 67.4 Å². The Morgan fingerprint density at radius 1 is 0.613 bits per heavy atom. The summed E-state index contributed by atoms with van der Waals surface area (Å²) in [6.45, 7) is 5.17. The summed E-state index contributed by atoms with van der Waals surface area (Å²) in [6, 6.07) is 28.0. The van der Waals surface area contributed by atoms with Crippen LogP contribution < -0.4 is 0 Å². The molecule has 4 N–H and O–H groups in total. The van der Waals surface area contributed by atoms with Gasteiger partial charge in [-0.05, 0) is 96.2 Å².